The first-order chi connectivity index (χ1) is 14.6. The van der Waals surface area contributed by atoms with Gasteiger partial charge >= 0.3 is 0 Å². The van der Waals surface area contributed by atoms with Crippen molar-refractivity contribution >= 4 is 11.9 Å². The zero-order valence-electron chi connectivity index (χ0n) is 16.3. The number of benzene rings is 1. The van der Waals surface area contributed by atoms with Crippen LogP contribution >= 0.6 is 0 Å². The van der Waals surface area contributed by atoms with Gasteiger partial charge in [-0.15, -0.1) is 0 Å². The summed E-state index contributed by atoms with van der Waals surface area (Å²) in [6, 6.07) is 5.79. The highest BCUT2D eigenvalue weighted by molar-refractivity contribution is 5.98. The van der Waals surface area contributed by atoms with Gasteiger partial charge in [-0.3, -0.25) is 4.79 Å². The molecule has 2 fully saturated rings. The first kappa shape index (κ1) is 18.5. The standard InChI is InChI=1S/C20H20FN7O2/c1-30-18-4-5-22-20(25-18)27-11-13-9-26(10-14(13)12-27)19(29)16-3-2-15(21)8-17(16)28-23-6-7-24-28/h2-8,13-14H,9-12H2,1H3. The maximum Gasteiger partial charge on any atom is 0.256 e. The third-order valence-electron chi connectivity index (χ3n) is 5.71. The van der Waals surface area contributed by atoms with Crippen molar-refractivity contribution in [2.75, 3.05) is 38.2 Å². The molecular weight excluding hydrogens is 389 g/mol. The zero-order valence-corrected chi connectivity index (χ0v) is 16.3. The van der Waals surface area contributed by atoms with Crippen LogP contribution in [0.3, 0.4) is 0 Å². The number of methoxy groups -OCH3 is 1. The second-order valence-electron chi connectivity index (χ2n) is 7.51. The predicted octanol–water partition coefficient (Wildman–Crippen LogP) is 1.41. The Balaban J connectivity index is 1.32. The summed E-state index contributed by atoms with van der Waals surface area (Å²) in [5.74, 6) is 1.26. The third kappa shape index (κ3) is 3.23. The Bertz CT molecular complexity index is 1060. The van der Waals surface area contributed by atoms with Gasteiger partial charge in [-0.05, 0) is 12.1 Å². The average Bonchev–Trinajstić information content (AvgIpc) is 3.49. The lowest BCUT2D eigenvalue weighted by Gasteiger charge is -2.22. The van der Waals surface area contributed by atoms with Crippen molar-refractivity contribution in [1.82, 2.24) is 29.9 Å². The van der Waals surface area contributed by atoms with E-state index in [1.54, 1.807) is 19.4 Å². The van der Waals surface area contributed by atoms with Gasteiger partial charge in [0, 0.05) is 56.3 Å². The number of hydrogen-bond donors (Lipinski definition) is 0. The fourth-order valence-corrected chi connectivity index (χ4v) is 4.28. The molecule has 2 aliphatic heterocycles. The van der Waals surface area contributed by atoms with Crippen LogP contribution in [-0.2, 0) is 0 Å². The smallest absolute Gasteiger partial charge is 0.256 e. The zero-order chi connectivity index (χ0) is 20.7. The van der Waals surface area contributed by atoms with E-state index < -0.39 is 5.82 Å². The molecule has 1 aromatic carbocycles. The van der Waals surface area contributed by atoms with Crippen molar-refractivity contribution in [1.29, 1.82) is 0 Å². The van der Waals surface area contributed by atoms with Gasteiger partial charge in [0.1, 0.15) is 11.5 Å². The number of rotatable bonds is 4. The fourth-order valence-electron chi connectivity index (χ4n) is 4.28. The van der Waals surface area contributed by atoms with Crippen LogP contribution in [-0.4, -0.2) is 69.1 Å². The van der Waals surface area contributed by atoms with E-state index in [4.69, 9.17) is 4.74 Å². The molecule has 4 heterocycles. The minimum Gasteiger partial charge on any atom is -0.481 e. The monoisotopic (exact) mass is 409 g/mol. The van der Waals surface area contributed by atoms with Gasteiger partial charge < -0.3 is 14.5 Å². The number of fused-ring (bicyclic) bond motifs is 1. The lowest BCUT2D eigenvalue weighted by Crippen LogP contribution is -2.34. The van der Waals surface area contributed by atoms with Crippen LogP contribution in [0.2, 0.25) is 0 Å². The summed E-state index contributed by atoms with van der Waals surface area (Å²) in [5.41, 5.74) is 0.731. The highest BCUT2D eigenvalue weighted by Gasteiger charge is 2.43. The van der Waals surface area contributed by atoms with Crippen molar-refractivity contribution in [2.45, 2.75) is 0 Å². The van der Waals surface area contributed by atoms with Crippen LogP contribution in [0.1, 0.15) is 10.4 Å². The van der Waals surface area contributed by atoms with Crippen LogP contribution in [0, 0.1) is 17.7 Å². The molecular formula is C20H20FN7O2. The van der Waals surface area contributed by atoms with Gasteiger partial charge in [0.05, 0.1) is 25.1 Å². The van der Waals surface area contributed by atoms with E-state index in [-0.39, 0.29) is 5.91 Å². The molecule has 2 aromatic heterocycles. The largest absolute Gasteiger partial charge is 0.481 e. The molecule has 154 valence electrons. The Morgan fingerprint density at radius 3 is 2.50 bits per heavy atom. The van der Waals surface area contributed by atoms with Gasteiger partial charge in [0.15, 0.2) is 0 Å². The number of aromatic nitrogens is 5. The van der Waals surface area contributed by atoms with Crippen molar-refractivity contribution < 1.29 is 13.9 Å². The van der Waals surface area contributed by atoms with E-state index in [1.807, 2.05) is 4.90 Å². The number of hydrogen-bond acceptors (Lipinski definition) is 7. The topological polar surface area (TPSA) is 89.3 Å². The van der Waals surface area contributed by atoms with Gasteiger partial charge in [-0.2, -0.15) is 20.0 Å². The summed E-state index contributed by atoms with van der Waals surface area (Å²) in [4.78, 5) is 27.2. The highest BCUT2D eigenvalue weighted by Crippen LogP contribution is 2.34. The molecule has 30 heavy (non-hydrogen) atoms. The van der Waals surface area contributed by atoms with Crippen LogP contribution in [0.5, 0.6) is 5.88 Å². The molecule has 1 amide bonds. The minimum atomic E-state index is -0.439. The molecule has 0 bridgehead atoms. The number of halogens is 1. The van der Waals surface area contributed by atoms with E-state index >= 15 is 0 Å². The third-order valence-corrected chi connectivity index (χ3v) is 5.71. The average molecular weight is 409 g/mol. The van der Waals surface area contributed by atoms with Crippen molar-refractivity contribution in [3.63, 3.8) is 0 Å². The number of ether oxygens (including phenoxy) is 1. The summed E-state index contributed by atoms with van der Waals surface area (Å²) in [7, 11) is 1.58. The van der Waals surface area contributed by atoms with E-state index in [2.05, 4.69) is 25.1 Å². The summed E-state index contributed by atoms with van der Waals surface area (Å²) in [5, 5.41) is 8.10. The van der Waals surface area contributed by atoms with Gasteiger partial charge in [0.25, 0.3) is 5.91 Å². The Morgan fingerprint density at radius 2 is 1.80 bits per heavy atom. The SMILES string of the molecule is COc1ccnc(N2CC3CN(C(=O)c4ccc(F)cc4-n4nccn4)CC3C2)n1. The molecule has 9 nitrogen and oxygen atoms in total. The van der Waals surface area contributed by atoms with E-state index in [0.29, 0.717) is 48.0 Å². The molecule has 2 atom stereocenters. The molecule has 2 unspecified atom stereocenters. The van der Waals surface area contributed by atoms with Crippen LogP contribution in [0.4, 0.5) is 10.3 Å². The Labute approximate surface area is 172 Å². The number of likely N-dealkylation sites (tertiary alicyclic amines) is 1. The summed E-state index contributed by atoms with van der Waals surface area (Å²) < 4.78 is 19.0. The number of carbonyl (C=O) groups is 1. The van der Waals surface area contributed by atoms with E-state index in [9.17, 15) is 9.18 Å². The molecule has 0 saturated carbocycles. The molecule has 0 aliphatic carbocycles. The Kier molecular flexibility index (Phi) is 4.53. The lowest BCUT2D eigenvalue weighted by atomic mass is 10.0. The van der Waals surface area contributed by atoms with E-state index in [1.165, 1.54) is 35.4 Å². The molecule has 3 aromatic rings. The quantitative estimate of drug-likeness (QED) is 0.644. The molecule has 0 radical (unpaired) electrons. The fraction of sp³-hybridized carbons (Fsp3) is 0.350. The molecule has 0 N–H and O–H groups in total. The van der Waals surface area contributed by atoms with Gasteiger partial charge in [-0.1, -0.05) is 0 Å². The summed E-state index contributed by atoms with van der Waals surface area (Å²) in [6.07, 6.45) is 4.67. The first-order valence-electron chi connectivity index (χ1n) is 9.70. The number of amides is 1. The maximum absolute atomic E-state index is 13.8. The number of anilines is 1. The maximum atomic E-state index is 13.8. The van der Waals surface area contributed by atoms with Crippen molar-refractivity contribution in [2.24, 2.45) is 11.8 Å². The first-order valence-corrected chi connectivity index (χ1v) is 9.70. The Morgan fingerprint density at radius 1 is 1.07 bits per heavy atom. The summed E-state index contributed by atoms with van der Waals surface area (Å²) >= 11 is 0. The highest BCUT2D eigenvalue weighted by atomic mass is 19.1. The normalized spacial score (nSPS) is 20.5. The van der Waals surface area contributed by atoms with Crippen molar-refractivity contribution in [3.05, 3.63) is 54.2 Å². The second kappa shape index (κ2) is 7.36. The number of carbonyl (C=O) groups excluding carboxylic acids is 1. The predicted molar refractivity (Wildman–Crippen MR) is 105 cm³/mol. The molecule has 5 rings (SSSR count). The van der Waals surface area contributed by atoms with Crippen LogP contribution in [0.15, 0.2) is 42.9 Å². The number of nitrogens with zero attached hydrogens (tertiary/aromatic N) is 7. The minimum absolute atomic E-state index is 0.138. The van der Waals surface area contributed by atoms with Gasteiger partial charge in [-0.25, -0.2) is 9.37 Å². The Hall–Kier alpha value is -3.56. The molecule has 10 heteroatoms. The van der Waals surface area contributed by atoms with Gasteiger partial charge in [0.2, 0.25) is 11.8 Å². The molecule has 2 saturated heterocycles. The summed E-state index contributed by atoms with van der Waals surface area (Å²) in [6.45, 7) is 2.82. The second-order valence-corrected chi connectivity index (χ2v) is 7.51. The molecule has 2 aliphatic rings. The van der Waals surface area contributed by atoms with Crippen LogP contribution < -0.4 is 9.64 Å². The molecule has 0 spiro atoms. The van der Waals surface area contributed by atoms with Crippen LogP contribution in [0.25, 0.3) is 5.69 Å². The van der Waals surface area contributed by atoms with E-state index in [0.717, 1.165) is 13.1 Å². The lowest BCUT2D eigenvalue weighted by molar-refractivity contribution is 0.0782. The van der Waals surface area contributed by atoms with Crippen molar-refractivity contribution in [3.8, 4) is 11.6 Å².